The summed E-state index contributed by atoms with van der Waals surface area (Å²) in [5.41, 5.74) is 1.54. The average molecular weight is 356 g/mol. The maximum absolute atomic E-state index is 12.0. The van der Waals surface area contributed by atoms with Gasteiger partial charge in [0.1, 0.15) is 12.2 Å². The predicted octanol–water partition coefficient (Wildman–Crippen LogP) is 2.13. The van der Waals surface area contributed by atoms with Crippen molar-refractivity contribution in [2.45, 2.75) is 13.0 Å². The SMILES string of the molecule is COC(=O)c1cccc(NC(=O)CC(=O)NCc2ccccc2OC)c1. The van der Waals surface area contributed by atoms with Crippen LogP contribution in [0.3, 0.4) is 0 Å². The van der Waals surface area contributed by atoms with Gasteiger partial charge in [-0.05, 0) is 24.3 Å². The second-order valence-corrected chi connectivity index (χ2v) is 5.39. The van der Waals surface area contributed by atoms with Crippen LogP contribution in [0, 0.1) is 0 Å². The van der Waals surface area contributed by atoms with E-state index in [-0.39, 0.29) is 13.0 Å². The van der Waals surface area contributed by atoms with Gasteiger partial charge in [0.05, 0.1) is 19.8 Å². The molecule has 0 aliphatic carbocycles. The van der Waals surface area contributed by atoms with Gasteiger partial charge in [-0.1, -0.05) is 24.3 Å². The van der Waals surface area contributed by atoms with E-state index >= 15 is 0 Å². The van der Waals surface area contributed by atoms with Crippen LogP contribution in [-0.2, 0) is 20.9 Å². The first kappa shape index (κ1) is 19.0. The number of carbonyl (C=O) groups is 3. The van der Waals surface area contributed by atoms with E-state index in [1.54, 1.807) is 31.4 Å². The minimum absolute atomic E-state index is 0.258. The van der Waals surface area contributed by atoms with Crippen LogP contribution in [0.15, 0.2) is 48.5 Å². The molecule has 0 aromatic heterocycles. The van der Waals surface area contributed by atoms with Gasteiger partial charge in [-0.3, -0.25) is 9.59 Å². The molecule has 2 amide bonds. The number of esters is 1. The summed E-state index contributed by atoms with van der Waals surface area (Å²) in [5.74, 6) is -0.741. The van der Waals surface area contributed by atoms with E-state index in [2.05, 4.69) is 15.4 Å². The summed E-state index contributed by atoms with van der Waals surface area (Å²) >= 11 is 0. The lowest BCUT2D eigenvalue weighted by Crippen LogP contribution is -2.28. The van der Waals surface area contributed by atoms with Crippen molar-refractivity contribution < 1.29 is 23.9 Å². The molecule has 2 N–H and O–H groups in total. The second kappa shape index (κ2) is 9.22. The van der Waals surface area contributed by atoms with Crippen molar-refractivity contribution in [2.24, 2.45) is 0 Å². The minimum atomic E-state index is -0.504. The van der Waals surface area contributed by atoms with Crippen LogP contribution in [0.5, 0.6) is 5.75 Å². The highest BCUT2D eigenvalue weighted by Gasteiger charge is 2.12. The lowest BCUT2D eigenvalue weighted by molar-refractivity contribution is -0.126. The van der Waals surface area contributed by atoms with Crippen LogP contribution in [0.4, 0.5) is 5.69 Å². The molecule has 0 radical (unpaired) electrons. The van der Waals surface area contributed by atoms with Crippen LogP contribution in [0.2, 0.25) is 0 Å². The lowest BCUT2D eigenvalue weighted by atomic mass is 10.2. The van der Waals surface area contributed by atoms with Crippen LogP contribution in [0.25, 0.3) is 0 Å². The number of hydrogen-bond acceptors (Lipinski definition) is 5. The zero-order valence-corrected chi connectivity index (χ0v) is 14.6. The van der Waals surface area contributed by atoms with Crippen LogP contribution < -0.4 is 15.4 Å². The van der Waals surface area contributed by atoms with Crippen molar-refractivity contribution in [2.75, 3.05) is 19.5 Å². The molecule has 0 heterocycles. The Morgan fingerprint density at radius 3 is 2.46 bits per heavy atom. The lowest BCUT2D eigenvalue weighted by Gasteiger charge is -2.10. The van der Waals surface area contributed by atoms with E-state index in [1.807, 2.05) is 18.2 Å². The Kier molecular flexibility index (Phi) is 6.73. The number of methoxy groups -OCH3 is 2. The van der Waals surface area contributed by atoms with Gasteiger partial charge in [-0.2, -0.15) is 0 Å². The van der Waals surface area contributed by atoms with Crippen LogP contribution in [-0.4, -0.2) is 32.0 Å². The molecule has 7 nitrogen and oxygen atoms in total. The van der Waals surface area contributed by atoms with Crippen molar-refractivity contribution >= 4 is 23.5 Å². The molecule has 0 spiro atoms. The largest absolute Gasteiger partial charge is 0.496 e. The number of amides is 2. The van der Waals surface area contributed by atoms with Gasteiger partial charge in [0.25, 0.3) is 0 Å². The van der Waals surface area contributed by atoms with E-state index in [0.29, 0.717) is 17.0 Å². The Bertz CT molecular complexity index is 804. The fraction of sp³-hybridized carbons (Fsp3) is 0.211. The number of para-hydroxylation sites is 1. The van der Waals surface area contributed by atoms with E-state index in [9.17, 15) is 14.4 Å². The van der Waals surface area contributed by atoms with Gasteiger partial charge in [-0.25, -0.2) is 4.79 Å². The number of benzene rings is 2. The maximum atomic E-state index is 12.0. The Morgan fingerprint density at radius 1 is 0.962 bits per heavy atom. The van der Waals surface area contributed by atoms with Gasteiger partial charge in [-0.15, -0.1) is 0 Å². The molecule has 0 saturated carbocycles. The number of nitrogens with one attached hydrogen (secondary N) is 2. The highest BCUT2D eigenvalue weighted by molar-refractivity contribution is 6.04. The molecule has 136 valence electrons. The molecule has 2 aromatic carbocycles. The highest BCUT2D eigenvalue weighted by Crippen LogP contribution is 2.16. The van der Waals surface area contributed by atoms with Gasteiger partial charge in [0.2, 0.25) is 11.8 Å². The first-order valence-electron chi connectivity index (χ1n) is 7.90. The summed E-state index contributed by atoms with van der Waals surface area (Å²) in [6.45, 7) is 0.258. The Hall–Kier alpha value is -3.35. The average Bonchev–Trinajstić information content (AvgIpc) is 2.66. The molecular weight excluding hydrogens is 336 g/mol. The molecule has 0 aliphatic heterocycles. The molecule has 0 atom stereocenters. The van der Waals surface area contributed by atoms with E-state index in [1.165, 1.54) is 13.2 Å². The minimum Gasteiger partial charge on any atom is -0.496 e. The quantitative estimate of drug-likeness (QED) is 0.585. The first-order chi connectivity index (χ1) is 12.5. The van der Waals surface area contributed by atoms with E-state index in [4.69, 9.17) is 4.74 Å². The third-order valence-electron chi connectivity index (χ3n) is 3.56. The number of carbonyl (C=O) groups excluding carboxylic acids is 3. The summed E-state index contributed by atoms with van der Waals surface area (Å²) in [4.78, 5) is 35.4. The van der Waals surface area contributed by atoms with Crippen molar-refractivity contribution in [1.82, 2.24) is 5.32 Å². The zero-order valence-electron chi connectivity index (χ0n) is 14.6. The van der Waals surface area contributed by atoms with Crippen molar-refractivity contribution in [3.8, 4) is 5.75 Å². The van der Waals surface area contributed by atoms with Crippen LogP contribution in [0.1, 0.15) is 22.3 Å². The van der Waals surface area contributed by atoms with Gasteiger partial charge in [0.15, 0.2) is 0 Å². The fourth-order valence-electron chi connectivity index (χ4n) is 2.30. The Balaban J connectivity index is 1.87. The van der Waals surface area contributed by atoms with Crippen molar-refractivity contribution in [3.63, 3.8) is 0 Å². The third kappa shape index (κ3) is 5.34. The smallest absolute Gasteiger partial charge is 0.337 e. The standard InChI is InChI=1S/C19H20N2O5/c1-25-16-9-4-3-6-14(16)12-20-17(22)11-18(23)21-15-8-5-7-13(10-15)19(24)26-2/h3-10H,11-12H2,1-2H3,(H,20,22)(H,21,23). The second-order valence-electron chi connectivity index (χ2n) is 5.39. The van der Waals surface area contributed by atoms with Gasteiger partial charge >= 0.3 is 5.97 Å². The molecular formula is C19H20N2O5. The van der Waals surface area contributed by atoms with Crippen molar-refractivity contribution in [3.05, 3.63) is 59.7 Å². The number of rotatable bonds is 7. The molecule has 0 fully saturated rings. The molecule has 0 saturated heterocycles. The molecule has 0 unspecified atom stereocenters. The monoisotopic (exact) mass is 356 g/mol. The van der Waals surface area contributed by atoms with E-state index in [0.717, 1.165) is 5.56 Å². The molecule has 2 rings (SSSR count). The maximum Gasteiger partial charge on any atom is 0.337 e. The van der Waals surface area contributed by atoms with Gasteiger partial charge < -0.3 is 20.1 Å². The summed E-state index contributed by atoms with van der Waals surface area (Å²) < 4.78 is 9.84. The van der Waals surface area contributed by atoms with Crippen molar-refractivity contribution in [1.29, 1.82) is 0 Å². The fourth-order valence-corrected chi connectivity index (χ4v) is 2.30. The summed E-state index contributed by atoms with van der Waals surface area (Å²) in [6, 6.07) is 13.6. The highest BCUT2D eigenvalue weighted by atomic mass is 16.5. The normalized spacial score (nSPS) is 9.92. The first-order valence-corrected chi connectivity index (χ1v) is 7.90. The zero-order chi connectivity index (χ0) is 18.9. The van der Waals surface area contributed by atoms with Gasteiger partial charge in [0, 0.05) is 17.8 Å². The topological polar surface area (TPSA) is 93.7 Å². The number of ether oxygens (including phenoxy) is 2. The Morgan fingerprint density at radius 2 is 1.73 bits per heavy atom. The third-order valence-corrected chi connectivity index (χ3v) is 3.56. The number of anilines is 1. The summed E-state index contributed by atoms with van der Waals surface area (Å²) in [6.07, 6.45) is -0.336. The molecule has 7 heteroatoms. The number of hydrogen-bond donors (Lipinski definition) is 2. The molecule has 2 aromatic rings. The summed E-state index contributed by atoms with van der Waals surface area (Å²) in [5, 5.41) is 5.26. The van der Waals surface area contributed by atoms with E-state index < -0.39 is 17.8 Å². The molecule has 0 aliphatic rings. The summed E-state index contributed by atoms with van der Waals surface area (Å²) in [7, 11) is 2.83. The Labute approximate surface area is 151 Å². The van der Waals surface area contributed by atoms with Crippen LogP contribution >= 0.6 is 0 Å². The molecule has 26 heavy (non-hydrogen) atoms. The molecule has 0 bridgehead atoms. The predicted molar refractivity (Wildman–Crippen MR) is 95.9 cm³/mol.